The highest BCUT2D eigenvalue weighted by Crippen LogP contribution is 2.22. The van der Waals surface area contributed by atoms with Crippen molar-refractivity contribution in [1.29, 1.82) is 0 Å². The van der Waals surface area contributed by atoms with E-state index >= 15 is 0 Å². The van der Waals surface area contributed by atoms with Gasteiger partial charge >= 0.3 is 5.97 Å². The Kier molecular flexibility index (Phi) is 5.00. The van der Waals surface area contributed by atoms with Crippen molar-refractivity contribution in [3.05, 3.63) is 17.5 Å². The average molecular weight is 318 g/mol. The van der Waals surface area contributed by atoms with Crippen LogP contribution >= 0.6 is 11.3 Å². The summed E-state index contributed by atoms with van der Waals surface area (Å²) in [6, 6.07) is 4.10. The van der Waals surface area contributed by atoms with Gasteiger partial charge in [-0.1, -0.05) is 0 Å². The SMILES string of the molecule is O=C(O)CS(=O)(=O)CCN1CCN(c2cccs2)CC1. The molecule has 0 spiro atoms. The molecular formula is C12H18N2O4S2. The lowest BCUT2D eigenvalue weighted by molar-refractivity contribution is -0.134. The molecule has 0 aliphatic carbocycles. The summed E-state index contributed by atoms with van der Waals surface area (Å²) in [7, 11) is -3.49. The van der Waals surface area contributed by atoms with Gasteiger partial charge in [-0.25, -0.2) is 8.42 Å². The second-order valence-corrected chi connectivity index (χ2v) is 7.88. The van der Waals surface area contributed by atoms with E-state index in [0.717, 1.165) is 26.2 Å². The molecule has 1 N–H and O–H groups in total. The Bertz CT molecular complexity index is 534. The van der Waals surface area contributed by atoms with Gasteiger partial charge in [-0.15, -0.1) is 11.3 Å². The molecule has 0 amide bonds. The smallest absolute Gasteiger partial charge is 0.318 e. The van der Waals surface area contributed by atoms with E-state index in [1.54, 1.807) is 11.3 Å². The molecule has 0 bridgehead atoms. The maximum Gasteiger partial charge on any atom is 0.318 e. The van der Waals surface area contributed by atoms with Crippen molar-refractivity contribution in [1.82, 2.24) is 4.90 Å². The highest BCUT2D eigenvalue weighted by Gasteiger charge is 2.21. The Morgan fingerprint density at radius 3 is 2.55 bits per heavy atom. The maximum atomic E-state index is 11.5. The van der Waals surface area contributed by atoms with E-state index in [1.807, 2.05) is 11.4 Å². The third-order valence-electron chi connectivity index (χ3n) is 3.25. The predicted octanol–water partition coefficient (Wildman–Crippen LogP) is 0.370. The molecule has 1 aromatic heterocycles. The summed E-state index contributed by atoms with van der Waals surface area (Å²) in [5.74, 6) is -2.15. The van der Waals surface area contributed by atoms with E-state index in [4.69, 9.17) is 5.11 Å². The number of carboxylic acid groups (broad SMARTS) is 1. The Hall–Kier alpha value is -1.12. The summed E-state index contributed by atoms with van der Waals surface area (Å²) in [6.45, 7) is 3.77. The minimum Gasteiger partial charge on any atom is -0.480 e. The normalized spacial score (nSPS) is 17.3. The molecule has 0 aromatic carbocycles. The van der Waals surface area contributed by atoms with Crippen molar-refractivity contribution in [2.45, 2.75) is 0 Å². The molecule has 1 saturated heterocycles. The Balaban J connectivity index is 1.76. The molecular weight excluding hydrogens is 300 g/mol. The van der Waals surface area contributed by atoms with Gasteiger partial charge in [0, 0.05) is 32.7 Å². The van der Waals surface area contributed by atoms with Gasteiger partial charge in [0.05, 0.1) is 10.8 Å². The number of carboxylic acids is 1. The fourth-order valence-corrected chi connectivity index (χ4v) is 4.01. The third-order valence-corrected chi connectivity index (χ3v) is 5.67. The largest absolute Gasteiger partial charge is 0.480 e. The van der Waals surface area contributed by atoms with Crippen LogP contribution in [0.4, 0.5) is 5.00 Å². The van der Waals surface area contributed by atoms with Crippen LogP contribution in [0, 0.1) is 0 Å². The monoisotopic (exact) mass is 318 g/mol. The van der Waals surface area contributed by atoms with E-state index in [0.29, 0.717) is 6.54 Å². The number of rotatable bonds is 6. The Morgan fingerprint density at radius 1 is 1.30 bits per heavy atom. The third kappa shape index (κ3) is 4.46. The summed E-state index contributed by atoms with van der Waals surface area (Å²) in [4.78, 5) is 14.8. The lowest BCUT2D eigenvalue weighted by Crippen LogP contribution is -2.47. The molecule has 1 aliphatic heterocycles. The Morgan fingerprint density at radius 2 is 2.00 bits per heavy atom. The molecule has 6 nitrogen and oxygen atoms in total. The number of nitrogens with zero attached hydrogens (tertiary/aromatic N) is 2. The topological polar surface area (TPSA) is 77.9 Å². The van der Waals surface area contributed by atoms with Gasteiger partial charge in [0.1, 0.15) is 5.75 Å². The first-order chi connectivity index (χ1) is 9.46. The van der Waals surface area contributed by atoms with Gasteiger partial charge in [-0.05, 0) is 17.5 Å². The minimum absolute atomic E-state index is 0.0850. The van der Waals surface area contributed by atoms with Crippen LogP contribution in [0.2, 0.25) is 0 Å². The van der Waals surface area contributed by atoms with Crippen molar-refractivity contribution in [2.75, 3.05) is 49.1 Å². The summed E-state index contributed by atoms with van der Waals surface area (Å²) in [5.41, 5.74) is 0. The predicted molar refractivity (Wildman–Crippen MR) is 79.3 cm³/mol. The van der Waals surface area contributed by atoms with Crippen LogP contribution in [-0.4, -0.2) is 68.6 Å². The lowest BCUT2D eigenvalue weighted by atomic mass is 10.3. The lowest BCUT2D eigenvalue weighted by Gasteiger charge is -2.35. The number of hydrogen-bond donors (Lipinski definition) is 1. The summed E-state index contributed by atoms with van der Waals surface area (Å²) in [5, 5.41) is 11.8. The van der Waals surface area contributed by atoms with Crippen LogP contribution < -0.4 is 4.90 Å². The first-order valence-corrected chi connectivity index (χ1v) is 9.09. The number of carbonyl (C=O) groups is 1. The molecule has 2 heterocycles. The van der Waals surface area contributed by atoms with Gasteiger partial charge in [-0.2, -0.15) is 0 Å². The first-order valence-electron chi connectivity index (χ1n) is 6.39. The van der Waals surface area contributed by atoms with Gasteiger partial charge in [-0.3, -0.25) is 9.69 Å². The number of aliphatic carboxylic acids is 1. The molecule has 1 aromatic rings. The molecule has 20 heavy (non-hydrogen) atoms. The molecule has 0 atom stereocenters. The Labute approximate surface area is 122 Å². The second-order valence-electron chi connectivity index (χ2n) is 4.77. The molecule has 1 fully saturated rings. The van der Waals surface area contributed by atoms with Gasteiger partial charge < -0.3 is 10.0 Å². The van der Waals surface area contributed by atoms with Gasteiger partial charge in [0.25, 0.3) is 0 Å². The average Bonchev–Trinajstić information content (AvgIpc) is 2.89. The van der Waals surface area contributed by atoms with Gasteiger partial charge in [0.15, 0.2) is 9.84 Å². The maximum absolute atomic E-state index is 11.5. The summed E-state index contributed by atoms with van der Waals surface area (Å²) in [6.07, 6.45) is 0. The van der Waals surface area contributed by atoms with Crippen LogP contribution in [-0.2, 0) is 14.6 Å². The second kappa shape index (κ2) is 6.55. The van der Waals surface area contributed by atoms with Crippen molar-refractivity contribution < 1.29 is 18.3 Å². The van der Waals surface area contributed by atoms with Crippen molar-refractivity contribution in [3.63, 3.8) is 0 Å². The zero-order valence-corrected chi connectivity index (χ0v) is 12.7. The standard InChI is InChI=1S/C12H18N2O4S2/c15-12(16)10-20(17,18)9-7-13-3-5-14(6-4-13)11-2-1-8-19-11/h1-2,8H,3-7,9-10H2,(H,15,16). The molecule has 0 radical (unpaired) electrons. The van der Waals surface area contributed by atoms with E-state index in [9.17, 15) is 13.2 Å². The molecule has 0 saturated carbocycles. The van der Waals surface area contributed by atoms with Gasteiger partial charge in [0.2, 0.25) is 0 Å². The quantitative estimate of drug-likeness (QED) is 0.816. The highest BCUT2D eigenvalue weighted by atomic mass is 32.2. The number of anilines is 1. The molecule has 112 valence electrons. The summed E-state index contributed by atoms with van der Waals surface area (Å²) >= 11 is 1.70. The number of piperazine rings is 1. The van der Waals surface area contributed by atoms with Crippen LogP contribution in [0.25, 0.3) is 0 Å². The first kappa shape index (κ1) is 15.3. The van der Waals surface area contributed by atoms with Crippen molar-refractivity contribution >= 4 is 32.1 Å². The zero-order valence-electron chi connectivity index (χ0n) is 11.1. The van der Waals surface area contributed by atoms with Crippen LogP contribution in [0.15, 0.2) is 17.5 Å². The molecule has 2 rings (SSSR count). The molecule has 1 aliphatic rings. The minimum atomic E-state index is -3.49. The van der Waals surface area contributed by atoms with E-state index in [1.165, 1.54) is 5.00 Å². The zero-order chi connectivity index (χ0) is 14.6. The van der Waals surface area contributed by atoms with Crippen molar-refractivity contribution in [2.24, 2.45) is 0 Å². The molecule has 0 unspecified atom stereocenters. The van der Waals surface area contributed by atoms with E-state index in [-0.39, 0.29) is 5.75 Å². The number of sulfone groups is 1. The van der Waals surface area contributed by atoms with Crippen LogP contribution in [0.3, 0.4) is 0 Å². The van der Waals surface area contributed by atoms with E-state index < -0.39 is 21.6 Å². The number of thiophene rings is 1. The summed E-state index contributed by atoms with van der Waals surface area (Å²) < 4.78 is 23.0. The highest BCUT2D eigenvalue weighted by molar-refractivity contribution is 7.92. The van der Waals surface area contributed by atoms with E-state index in [2.05, 4.69) is 15.9 Å². The van der Waals surface area contributed by atoms with Crippen LogP contribution in [0.1, 0.15) is 0 Å². The fourth-order valence-electron chi connectivity index (χ4n) is 2.17. The molecule has 8 heteroatoms. The fraction of sp³-hybridized carbons (Fsp3) is 0.583. The van der Waals surface area contributed by atoms with Crippen LogP contribution in [0.5, 0.6) is 0 Å². The van der Waals surface area contributed by atoms with Crippen molar-refractivity contribution in [3.8, 4) is 0 Å². The number of hydrogen-bond acceptors (Lipinski definition) is 6.